The number of nitrogens with zero attached hydrogens (tertiary/aromatic N) is 6. The quantitative estimate of drug-likeness (QED) is 0.482. The van der Waals surface area contributed by atoms with E-state index in [-0.39, 0.29) is 5.56 Å². The summed E-state index contributed by atoms with van der Waals surface area (Å²) < 4.78 is 8.85. The van der Waals surface area contributed by atoms with E-state index in [0.29, 0.717) is 29.0 Å². The van der Waals surface area contributed by atoms with Gasteiger partial charge in [0.2, 0.25) is 0 Å². The van der Waals surface area contributed by atoms with Crippen molar-refractivity contribution in [3.05, 3.63) is 64.0 Å². The van der Waals surface area contributed by atoms with Gasteiger partial charge >= 0.3 is 0 Å². The second-order valence-corrected chi connectivity index (χ2v) is 9.21. The van der Waals surface area contributed by atoms with Crippen LogP contribution in [0.4, 0.5) is 0 Å². The van der Waals surface area contributed by atoms with E-state index in [1.807, 2.05) is 36.0 Å². The fraction of sp³-hybridized carbons (Fsp3) is 0.440. The standard InChI is InChI=1S/C25H28N6O2/c1-3-20-23-10-22(28-31(23)12-16(2)26-20)21-11-25(32)30-13-18(4-5-24(30)27-21)17-6-8-29(9-7-17)19-14-33-15-19/h4-5,10-13,17,19H,3,6-9,14-15H2,1-2H3. The predicted molar refractivity (Wildman–Crippen MR) is 126 cm³/mol. The minimum absolute atomic E-state index is 0.0806. The van der Waals surface area contributed by atoms with Crippen molar-refractivity contribution in [3.63, 3.8) is 0 Å². The monoisotopic (exact) mass is 444 g/mol. The predicted octanol–water partition coefficient (Wildman–Crippen LogP) is 2.85. The van der Waals surface area contributed by atoms with Crippen molar-refractivity contribution in [3.8, 4) is 11.4 Å². The van der Waals surface area contributed by atoms with Crippen molar-refractivity contribution in [1.29, 1.82) is 0 Å². The molecule has 0 saturated carbocycles. The highest BCUT2D eigenvalue weighted by atomic mass is 16.5. The Morgan fingerprint density at radius 1 is 1.06 bits per heavy atom. The summed E-state index contributed by atoms with van der Waals surface area (Å²) in [6, 6.07) is 8.25. The number of rotatable bonds is 4. The third-order valence-corrected chi connectivity index (χ3v) is 7.07. The molecule has 0 bridgehead atoms. The lowest BCUT2D eigenvalue weighted by molar-refractivity contribution is -0.0712. The Kier molecular flexibility index (Phi) is 4.99. The van der Waals surface area contributed by atoms with E-state index in [4.69, 9.17) is 9.72 Å². The molecule has 0 spiro atoms. The number of ether oxygens (including phenoxy) is 1. The zero-order chi connectivity index (χ0) is 22.5. The first-order valence-electron chi connectivity index (χ1n) is 11.8. The number of hydrogen-bond acceptors (Lipinski definition) is 6. The van der Waals surface area contributed by atoms with Gasteiger partial charge in [-0.2, -0.15) is 5.10 Å². The highest BCUT2D eigenvalue weighted by Gasteiger charge is 2.30. The van der Waals surface area contributed by atoms with Gasteiger partial charge in [0.15, 0.2) is 0 Å². The minimum atomic E-state index is -0.0806. The van der Waals surface area contributed by atoms with Crippen molar-refractivity contribution in [1.82, 2.24) is 28.9 Å². The maximum Gasteiger partial charge on any atom is 0.258 e. The molecule has 170 valence electrons. The lowest BCUT2D eigenvalue weighted by Crippen LogP contribution is -2.51. The first-order valence-corrected chi connectivity index (χ1v) is 11.8. The highest BCUT2D eigenvalue weighted by Crippen LogP contribution is 2.30. The molecule has 0 atom stereocenters. The zero-order valence-corrected chi connectivity index (χ0v) is 19.1. The van der Waals surface area contributed by atoms with Gasteiger partial charge in [0.1, 0.15) is 11.3 Å². The van der Waals surface area contributed by atoms with Crippen molar-refractivity contribution in [2.24, 2.45) is 0 Å². The molecule has 2 saturated heterocycles. The molecule has 0 N–H and O–H groups in total. The molecular weight excluding hydrogens is 416 g/mol. The average Bonchev–Trinajstić information content (AvgIpc) is 3.22. The SMILES string of the molecule is CCc1nc(C)cn2nc(-c3cc(=O)n4cc(C5CCN(C6COC6)CC5)ccc4n3)cc12. The molecule has 0 amide bonds. The fourth-order valence-corrected chi connectivity index (χ4v) is 5.09. The van der Waals surface area contributed by atoms with Crippen molar-refractivity contribution in [2.75, 3.05) is 26.3 Å². The summed E-state index contributed by atoms with van der Waals surface area (Å²) in [4.78, 5) is 25.0. The number of likely N-dealkylation sites (tertiary alicyclic amines) is 1. The van der Waals surface area contributed by atoms with Gasteiger partial charge in [-0.1, -0.05) is 13.0 Å². The topological polar surface area (TPSA) is 77.0 Å². The summed E-state index contributed by atoms with van der Waals surface area (Å²) in [7, 11) is 0. The summed E-state index contributed by atoms with van der Waals surface area (Å²) in [5, 5.41) is 4.68. The normalized spacial score (nSPS) is 18.2. The molecule has 0 radical (unpaired) electrons. The molecule has 2 aliphatic rings. The molecule has 0 aromatic carbocycles. The molecule has 8 nitrogen and oxygen atoms in total. The van der Waals surface area contributed by atoms with E-state index in [1.165, 1.54) is 5.56 Å². The molecule has 6 rings (SSSR count). The second-order valence-electron chi connectivity index (χ2n) is 9.21. The van der Waals surface area contributed by atoms with Gasteiger partial charge in [0.25, 0.3) is 5.56 Å². The molecule has 33 heavy (non-hydrogen) atoms. The minimum Gasteiger partial charge on any atom is -0.378 e. The average molecular weight is 445 g/mol. The number of pyridine rings is 1. The Labute approximate surface area is 191 Å². The maximum atomic E-state index is 13.0. The van der Waals surface area contributed by atoms with Crippen LogP contribution in [0.2, 0.25) is 0 Å². The first-order chi connectivity index (χ1) is 16.1. The van der Waals surface area contributed by atoms with Gasteiger partial charge < -0.3 is 4.74 Å². The van der Waals surface area contributed by atoms with E-state index in [9.17, 15) is 4.79 Å². The number of aryl methyl sites for hydroxylation is 2. The van der Waals surface area contributed by atoms with Crippen molar-refractivity contribution in [2.45, 2.75) is 45.1 Å². The Balaban J connectivity index is 1.30. The van der Waals surface area contributed by atoms with Crippen molar-refractivity contribution >= 4 is 11.2 Å². The number of fused-ring (bicyclic) bond motifs is 2. The van der Waals surface area contributed by atoms with Gasteiger partial charge in [-0.15, -0.1) is 0 Å². The van der Waals surface area contributed by atoms with E-state index >= 15 is 0 Å². The number of piperidine rings is 1. The molecule has 2 fully saturated rings. The van der Waals surface area contributed by atoms with Crippen LogP contribution in [0.5, 0.6) is 0 Å². The van der Waals surface area contributed by atoms with Crippen LogP contribution in [0.25, 0.3) is 22.6 Å². The third-order valence-electron chi connectivity index (χ3n) is 7.07. The van der Waals surface area contributed by atoms with Crippen LogP contribution in [0.3, 0.4) is 0 Å². The fourth-order valence-electron chi connectivity index (χ4n) is 5.09. The van der Waals surface area contributed by atoms with Crippen LogP contribution in [0.1, 0.15) is 42.6 Å². The smallest absolute Gasteiger partial charge is 0.258 e. The van der Waals surface area contributed by atoms with E-state index in [1.54, 1.807) is 10.5 Å². The Hall–Kier alpha value is -3.10. The molecule has 6 heterocycles. The maximum absolute atomic E-state index is 13.0. The molecule has 2 aliphatic heterocycles. The van der Waals surface area contributed by atoms with Gasteiger partial charge in [-0.3, -0.25) is 19.1 Å². The summed E-state index contributed by atoms with van der Waals surface area (Å²) in [6.45, 7) is 7.95. The summed E-state index contributed by atoms with van der Waals surface area (Å²) in [5.41, 5.74) is 5.92. The third kappa shape index (κ3) is 3.63. The molecule has 4 aromatic rings. The van der Waals surface area contributed by atoms with Crippen molar-refractivity contribution < 1.29 is 4.74 Å². The van der Waals surface area contributed by atoms with Crippen LogP contribution < -0.4 is 5.56 Å². The molecule has 0 unspecified atom stereocenters. The second kappa shape index (κ2) is 8.04. The Morgan fingerprint density at radius 3 is 2.61 bits per heavy atom. The van der Waals surface area contributed by atoms with E-state index in [2.05, 4.69) is 28.0 Å². The summed E-state index contributed by atoms with van der Waals surface area (Å²) >= 11 is 0. The lowest BCUT2D eigenvalue weighted by atomic mass is 9.89. The lowest BCUT2D eigenvalue weighted by Gasteiger charge is -2.41. The zero-order valence-electron chi connectivity index (χ0n) is 19.1. The van der Waals surface area contributed by atoms with Gasteiger partial charge in [-0.05, 0) is 62.9 Å². The molecule has 4 aromatic heterocycles. The summed E-state index contributed by atoms with van der Waals surface area (Å²) in [5.74, 6) is 0.472. The van der Waals surface area contributed by atoms with Crippen LogP contribution >= 0.6 is 0 Å². The van der Waals surface area contributed by atoms with Crippen LogP contribution in [-0.4, -0.2) is 61.2 Å². The Bertz CT molecular complexity index is 1400. The van der Waals surface area contributed by atoms with E-state index in [0.717, 1.165) is 62.5 Å². The molecule has 8 heteroatoms. The number of hydrogen-bond donors (Lipinski definition) is 0. The van der Waals surface area contributed by atoms with Crippen LogP contribution in [0, 0.1) is 6.92 Å². The summed E-state index contributed by atoms with van der Waals surface area (Å²) in [6.07, 6.45) is 6.92. The van der Waals surface area contributed by atoms with Gasteiger partial charge in [-0.25, -0.2) is 9.50 Å². The highest BCUT2D eigenvalue weighted by molar-refractivity contribution is 5.66. The van der Waals surface area contributed by atoms with Crippen LogP contribution in [-0.2, 0) is 11.2 Å². The van der Waals surface area contributed by atoms with Gasteiger partial charge in [0.05, 0.1) is 48.1 Å². The van der Waals surface area contributed by atoms with Crippen LogP contribution in [0.15, 0.2) is 41.5 Å². The number of aromatic nitrogens is 5. The first kappa shape index (κ1) is 20.5. The van der Waals surface area contributed by atoms with E-state index < -0.39 is 0 Å². The van der Waals surface area contributed by atoms with Gasteiger partial charge in [0, 0.05) is 12.3 Å². The largest absolute Gasteiger partial charge is 0.378 e. The molecule has 0 aliphatic carbocycles. The Morgan fingerprint density at radius 2 is 1.88 bits per heavy atom. The molecular formula is C25H28N6O2.